The molecule has 2 aliphatic rings. The fraction of sp³-hybridized carbons (Fsp3) is 0.533. The summed E-state index contributed by atoms with van der Waals surface area (Å²) < 4.78 is 16.3. The van der Waals surface area contributed by atoms with E-state index in [1.54, 1.807) is 14.2 Å². The Labute approximate surface area is 112 Å². The van der Waals surface area contributed by atoms with Crippen LogP contribution >= 0.6 is 0 Å². The highest BCUT2D eigenvalue weighted by molar-refractivity contribution is 5.73. The molecule has 4 heteroatoms. The molecule has 0 spiro atoms. The van der Waals surface area contributed by atoms with Gasteiger partial charge in [0.1, 0.15) is 17.6 Å². The molecule has 3 atom stereocenters. The zero-order valence-corrected chi connectivity index (χ0v) is 11.4. The Morgan fingerprint density at radius 2 is 2.00 bits per heavy atom. The third-order valence-electron chi connectivity index (χ3n) is 4.34. The van der Waals surface area contributed by atoms with Gasteiger partial charge in [-0.25, -0.2) is 0 Å². The van der Waals surface area contributed by atoms with Crippen LogP contribution in [0.4, 0.5) is 0 Å². The SMILES string of the molecule is COc1cc2c(c(OC)c1)[C@@H]1CC(=O)O[C@H](C2)C1C. The van der Waals surface area contributed by atoms with E-state index in [2.05, 4.69) is 6.92 Å². The topological polar surface area (TPSA) is 44.8 Å². The summed E-state index contributed by atoms with van der Waals surface area (Å²) in [6.45, 7) is 2.15. The van der Waals surface area contributed by atoms with Gasteiger partial charge in [-0.2, -0.15) is 0 Å². The van der Waals surface area contributed by atoms with Gasteiger partial charge in [-0.15, -0.1) is 0 Å². The highest BCUT2D eigenvalue weighted by Gasteiger charge is 2.43. The maximum Gasteiger partial charge on any atom is 0.306 e. The Bertz CT molecular complexity index is 523. The Kier molecular flexibility index (Phi) is 2.88. The molecule has 0 N–H and O–H groups in total. The Balaban J connectivity index is 2.14. The molecule has 1 fully saturated rings. The molecule has 19 heavy (non-hydrogen) atoms. The number of hydrogen-bond acceptors (Lipinski definition) is 4. The highest BCUT2D eigenvalue weighted by Crippen LogP contribution is 2.48. The number of carbonyl (C=O) groups excluding carboxylic acids is 1. The summed E-state index contributed by atoms with van der Waals surface area (Å²) in [5, 5.41) is 0. The normalized spacial score (nSPS) is 28.4. The molecule has 0 amide bonds. The van der Waals surface area contributed by atoms with E-state index in [1.807, 2.05) is 12.1 Å². The van der Waals surface area contributed by atoms with Crippen molar-refractivity contribution in [2.45, 2.75) is 31.8 Å². The minimum Gasteiger partial charge on any atom is -0.497 e. The van der Waals surface area contributed by atoms with Crippen molar-refractivity contribution >= 4 is 5.97 Å². The van der Waals surface area contributed by atoms with Gasteiger partial charge in [0, 0.05) is 29.9 Å². The predicted molar refractivity (Wildman–Crippen MR) is 69.7 cm³/mol. The largest absolute Gasteiger partial charge is 0.497 e. The summed E-state index contributed by atoms with van der Waals surface area (Å²) in [6, 6.07) is 3.93. The first-order chi connectivity index (χ1) is 9.13. The number of methoxy groups -OCH3 is 2. The fourth-order valence-electron chi connectivity index (χ4n) is 3.29. The quantitative estimate of drug-likeness (QED) is 0.767. The lowest BCUT2D eigenvalue weighted by atomic mass is 9.71. The molecule has 1 saturated heterocycles. The Morgan fingerprint density at radius 1 is 1.21 bits per heavy atom. The average molecular weight is 262 g/mol. The second-order valence-corrected chi connectivity index (χ2v) is 5.30. The van der Waals surface area contributed by atoms with E-state index in [9.17, 15) is 4.79 Å². The second-order valence-electron chi connectivity index (χ2n) is 5.30. The molecule has 1 aromatic rings. The molecule has 1 aromatic carbocycles. The summed E-state index contributed by atoms with van der Waals surface area (Å²) in [7, 11) is 3.31. The number of hydrogen-bond donors (Lipinski definition) is 0. The molecule has 102 valence electrons. The summed E-state index contributed by atoms with van der Waals surface area (Å²) in [6.07, 6.45) is 1.16. The summed E-state index contributed by atoms with van der Waals surface area (Å²) in [5.41, 5.74) is 2.33. The number of rotatable bonds is 2. The van der Waals surface area contributed by atoms with Crippen molar-refractivity contribution in [2.75, 3.05) is 14.2 Å². The van der Waals surface area contributed by atoms with Crippen LogP contribution < -0.4 is 9.47 Å². The van der Waals surface area contributed by atoms with Crippen molar-refractivity contribution in [3.05, 3.63) is 23.3 Å². The number of esters is 1. The monoisotopic (exact) mass is 262 g/mol. The highest BCUT2D eigenvalue weighted by atomic mass is 16.5. The van der Waals surface area contributed by atoms with Gasteiger partial charge in [-0.1, -0.05) is 6.92 Å². The Morgan fingerprint density at radius 3 is 2.68 bits per heavy atom. The minimum atomic E-state index is -0.100. The molecular weight excluding hydrogens is 244 g/mol. The molecule has 1 aliphatic heterocycles. The van der Waals surface area contributed by atoms with Crippen molar-refractivity contribution in [3.63, 3.8) is 0 Å². The van der Waals surface area contributed by atoms with E-state index in [0.29, 0.717) is 12.3 Å². The number of ether oxygens (including phenoxy) is 3. The van der Waals surface area contributed by atoms with Crippen LogP contribution in [0.1, 0.15) is 30.4 Å². The standard InChI is InChI=1S/C15H18O4/c1-8-11-7-14(16)19-12(8)5-9-4-10(17-2)6-13(18-3)15(9)11/h4,6,8,11-12H,5,7H2,1-3H3/t8?,11-,12-/m1/s1. The molecule has 1 heterocycles. The third-order valence-corrected chi connectivity index (χ3v) is 4.34. The van der Waals surface area contributed by atoms with Crippen molar-refractivity contribution in [3.8, 4) is 11.5 Å². The van der Waals surface area contributed by atoms with E-state index in [-0.39, 0.29) is 18.0 Å². The first kappa shape index (κ1) is 12.3. The summed E-state index contributed by atoms with van der Waals surface area (Å²) in [5.74, 6) is 2.04. The lowest BCUT2D eigenvalue weighted by molar-refractivity contribution is -0.160. The van der Waals surface area contributed by atoms with Crippen LogP contribution in [0.5, 0.6) is 11.5 Å². The van der Waals surface area contributed by atoms with Crippen molar-refractivity contribution in [1.82, 2.24) is 0 Å². The minimum absolute atomic E-state index is 0.0180. The van der Waals surface area contributed by atoms with Crippen LogP contribution in [0.15, 0.2) is 12.1 Å². The van der Waals surface area contributed by atoms with E-state index in [4.69, 9.17) is 14.2 Å². The van der Waals surface area contributed by atoms with Gasteiger partial charge in [0.05, 0.1) is 20.6 Å². The molecule has 0 radical (unpaired) electrons. The summed E-state index contributed by atoms with van der Waals surface area (Å²) in [4.78, 5) is 11.7. The van der Waals surface area contributed by atoms with Crippen LogP contribution in [0.25, 0.3) is 0 Å². The molecule has 0 aromatic heterocycles. The smallest absolute Gasteiger partial charge is 0.306 e. The zero-order valence-electron chi connectivity index (χ0n) is 11.4. The molecule has 3 rings (SSSR count). The van der Waals surface area contributed by atoms with Gasteiger partial charge < -0.3 is 14.2 Å². The maximum atomic E-state index is 11.7. The van der Waals surface area contributed by atoms with Crippen molar-refractivity contribution < 1.29 is 19.0 Å². The van der Waals surface area contributed by atoms with Crippen LogP contribution in [0.3, 0.4) is 0 Å². The first-order valence-corrected chi connectivity index (χ1v) is 6.58. The van der Waals surface area contributed by atoms with Crippen LogP contribution in [-0.4, -0.2) is 26.3 Å². The van der Waals surface area contributed by atoms with Crippen LogP contribution in [0.2, 0.25) is 0 Å². The van der Waals surface area contributed by atoms with Crippen molar-refractivity contribution in [2.24, 2.45) is 5.92 Å². The van der Waals surface area contributed by atoms with Gasteiger partial charge in [0.2, 0.25) is 0 Å². The number of carbonyl (C=O) groups is 1. The Hall–Kier alpha value is -1.71. The molecule has 4 nitrogen and oxygen atoms in total. The lowest BCUT2D eigenvalue weighted by Gasteiger charge is -2.41. The van der Waals surface area contributed by atoms with Gasteiger partial charge >= 0.3 is 5.97 Å². The predicted octanol–water partition coefficient (Wildman–Crippen LogP) is 2.30. The molecular formula is C15H18O4. The number of benzene rings is 1. The van der Waals surface area contributed by atoms with Crippen LogP contribution in [-0.2, 0) is 16.0 Å². The fourth-order valence-corrected chi connectivity index (χ4v) is 3.29. The van der Waals surface area contributed by atoms with Crippen molar-refractivity contribution in [1.29, 1.82) is 0 Å². The zero-order chi connectivity index (χ0) is 13.6. The summed E-state index contributed by atoms with van der Waals surface area (Å²) >= 11 is 0. The second kappa shape index (κ2) is 4.44. The lowest BCUT2D eigenvalue weighted by Crippen LogP contribution is -2.41. The van der Waals surface area contributed by atoms with E-state index in [0.717, 1.165) is 23.5 Å². The van der Waals surface area contributed by atoms with E-state index in [1.165, 1.54) is 5.56 Å². The molecule has 1 unspecified atom stereocenters. The maximum absolute atomic E-state index is 11.7. The van der Waals surface area contributed by atoms with Gasteiger partial charge in [0.25, 0.3) is 0 Å². The number of fused-ring (bicyclic) bond motifs is 4. The van der Waals surface area contributed by atoms with Gasteiger partial charge in [0.15, 0.2) is 0 Å². The van der Waals surface area contributed by atoms with Gasteiger partial charge in [-0.3, -0.25) is 4.79 Å². The van der Waals surface area contributed by atoms with E-state index >= 15 is 0 Å². The first-order valence-electron chi connectivity index (χ1n) is 6.58. The van der Waals surface area contributed by atoms with E-state index < -0.39 is 0 Å². The molecule has 1 aliphatic carbocycles. The average Bonchev–Trinajstić information content (AvgIpc) is 2.39. The van der Waals surface area contributed by atoms with Gasteiger partial charge in [-0.05, 0) is 11.6 Å². The van der Waals surface area contributed by atoms with Crippen LogP contribution in [0, 0.1) is 5.92 Å². The molecule has 0 saturated carbocycles. The molecule has 2 bridgehead atoms. The third kappa shape index (κ3) is 1.86.